The Morgan fingerprint density at radius 3 is 2.77 bits per heavy atom. The van der Waals surface area contributed by atoms with Crippen LogP contribution in [0.1, 0.15) is 41.6 Å². The Balaban J connectivity index is 1.10. The molecule has 3 aliphatic rings. The smallest absolute Gasteiger partial charge is 0.253 e. The van der Waals surface area contributed by atoms with Crippen molar-refractivity contribution in [3.05, 3.63) is 47.5 Å². The quantitative estimate of drug-likeness (QED) is 0.526. The van der Waals surface area contributed by atoms with Gasteiger partial charge in [0.05, 0.1) is 0 Å². The number of hydrazine groups is 1. The molecule has 1 saturated carbocycles. The molecule has 3 aromatic rings. The van der Waals surface area contributed by atoms with Gasteiger partial charge in [0, 0.05) is 43.7 Å². The van der Waals surface area contributed by atoms with E-state index in [0.29, 0.717) is 24.7 Å². The van der Waals surface area contributed by atoms with Crippen LogP contribution in [-0.2, 0) is 11.2 Å². The topological polar surface area (TPSA) is 119 Å². The van der Waals surface area contributed by atoms with E-state index in [2.05, 4.69) is 42.2 Å². The molecular formula is C25H30N8O2. The molecule has 1 aromatic carbocycles. The zero-order valence-electron chi connectivity index (χ0n) is 19.6. The fourth-order valence-electron chi connectivity index (χ4n) is 5.84. The van der Waals surface area contributed by atoms with Gasteiger partial charge in [-0.2, -0.15) is 10.3 Å². The molecule has 3 atom stereocenters. The first-order valence-electron chi connectivity index (χ1n) is 12.5. The first-order valence-corrected chi connectivity index (χ1v) is 12.5. The number of aromatic nitrogens is 4. The minimum atomic E-state index is 0.0619. The van der Waals surface area contributed by atoms with Crippen molar-refractivity contribution in [2.24, 2.45) is 11.8 Å². The number of nitrogens with zero attached hydrogens (tertiary/aromatic N) is 5. The van der Waals surface area contributed by atoms with Crippen molar-refractivity contribution in [3.63, 3.8) is 0 Å². The summed E-state index contributed by atoms with van der Waals surface area (Å²) in [5.41, 5.74) is 9.31. The normalized spacial score (nSPS) is 24.8. The molecule has 3 N–H and O–H groups in total. The van der Waals surface area contributed by atoms with E-state index in [1.807, 2.05) is 35.2 Å². The lowest BCUT2D eigenvalue weighted by Gasteiger charge is -2.41. The Kier molecular flexibility index (Phi) is 5.81. The molecule has 2 amide bonds. The largest absolute Gasteiger partial charge is 0.353 e. The number of amides is 2. The van der Waals surface area contributed by atoms with E-state index in [0.717, 1.165) is 61.2 Å². The fourth-order valence-corrected chi connectivity index (χ4v) is 5.84. The number of anilines is 1. The van der Waals surface area contributed by atoms with Gasteiger partial charge in [0.1, 0.15) is 11.3 Å². The van der Waals surface area contributed by atoms with E-state index in [4.69, 9.17) is 0 Å². The number of carbonyl (C=O) groups is 2. The summed E-state index contributed by atoms with van der Waals surface area (Å²) in [4.78, 5) is 34.2. The Bertz CT molecular complexity index is 1230. The minimum absolute atomic E-state index is 0.0619. The van der Waals surface area contributed by atoms with Crippen LogP contribution in [0.3, 0.4) is 0 Å². The Hall–Kier alpha value is -3.53. The number of rotatable bonds is 4. The number of piperazine rings is 1. The molecule has 0 spiro atoms. The first kappa shape index (κ1) is 22.0. The third kappa shape index (κ3) is 4.34. The van der Waals surface area contributed by atoms with E-state index in [-0.39, 0.29) is 23.8 Å². The highest BCUT2D eigenvalue weighted by Gasteiger charge is 2.39. The van der Waals surface area contributed by atoms with Gasteiger partial charge in [-0.05, 0) is 55.0 Å². The van der Waals surface area contributed by atoms with Crippen molar-refractivity contribution in [2.45, 2.75) is 38.1 Å². The number of aromatic amines is 1. The zero-order chi connectivity index (χ0) is 23.8. The standard InChI is InChI=1S/C25H30N8O2/c34-24-19-7-2-1-6-18(19)21(27-30-24)15-16-4-3-5-17(14-16)25(35)33-12-10-32(11-13-33)22-9-8-20-23(26-22)29-31-28-20/h3-5,8-9,14,18-19,21,27H,1-2,6-7,10-13,15H2,(H,30,34)(H,26,28,29,31). The number of hydrogen-bond donors (Lipinski definition) is 3. The van der Waals surface area contributed by atoms with Crippen LogP contribution in [-0.4, -0.2) is 69.3 Å². The maximum absolute atomic E-state index is 13.3. The maximum Gasteiger partial charge on any atom is 0.253 e. The highest BCUT2D eigenvalue weighted by molar-refractivity contribution is 5.94. The molecule has 6 rings (SSSR count). The summed E-state index contributed by atoms with van der Waals surface area (Å²) < 4.78 is 0. The third-order valence-electron chi connectivity index (χ3n) is 7.74. The van der Waals surface area contributed by atoms with Crippen molar-refractivity contribution >= 4 is 28.8 Å². The van der Waals surface area contributed by atoms with E-state index in [1.54, 1.807) is 0 Å². The van der Waals surface area contributed by atoms with E-state index < -0.39 is 0 Å². The van der Waals surface area contributed by atoms with Crippen LogP contribution >= 0.6 is 0 Å². The van der Waals surface area contributed by atoms with E-state index in [9.17, 15) is 9.59 Å². The van der Waals surface area contributed by atoms with Gasteiger partial charge in [-0.3, -0.25) is 15.0 Å². The van der Waals surface area contributed by atoms with Crippen molar-refractivity contribution in [2.75, 3.05) is 31.1 Å². The van der Waals surface area contributed by atoms with Crippen LogP contribution in [0.15, 0.2) is 36.4 Å². The molecule has 2 aromatic heterocycles. The molecule has 10 heteroatoms. The molecule has 3 fully saturated rings. The molecule has 35 heavy (non-hydrogen) atoms. The zero-order valence-corrected chi connectivity index (χ0v) is 19.6. The number of fused-ring (bicyclic) bond motifs is 2. The third-order valence-corrected chi connectivity index (χ3v) is 7.74. The summed E-state index contributed by atoms with van der Waals surface area (Å²) in [6, 6.07) is 12.0. The Labute approximate surface area is 203 Å². The predicted molar refractivity (Wildman–Crippen MR) is 130 cm³/mol. The van der Waals surface area contributed by atoms with Crippen molar-refractivity contribution in [3.8, 4) is 0 Å². The summed E-state index contributed by atoms with van der Waals surface area (Å²) in [5, 5.41) is 10.7. The second-order valence-electron chi connectivity index (χ2n) is 9.81. The van der Waals surface area contributed by atoms with Crippen LogP contribution in [0.25, 0.3) is 11.2 Å². The predicted octanol–water partition coefficient (Wildman–Crippen LogP) is 1.67. The van der Waals surface area contributed by atoms with E-state index in [1.165, 1.54) is 6.42 Å². The molecule has 2 saturated heterocycles. The monoisotopic (exact) mass is 474 g/mol. The van der Waals surface area contributed by atoms with Crippen molar-refractivity contribution < 1.29 is 9.59 Å². The van der Waals surface area contributed by atoms with Crippen LogP contribution < -0.4 is 15.8 Å². The molecule has 0 bridgehead atoms. The highest BCUT2D eigenvalue weighted by atomic mass is 16.2. The lowest BCUT2D eigenvalue weighted by Crippen LogP contribution is -2.60. The fraction of sp³-hybridized carbons (Fsp3) is 0.480. The van der Waals surface area contributed by atoms with Gasteiger partial charge in [-0.15, -0.1) is 5.10 Å². The minimum Gasteiger partial charge on any atom is -0.353 e. The summed E-state index contributed by atoms with van der Waals surface area (Å²) in [7, 11) is 0. The SMILES string of the molecule is O=C1NNC(Cc2cccc(C(=O)N3CCN(c4ccc5n[nH]nc5n4)CC3)c2)C2CCCCC12. The molecule has 182 valence electrons. The second-order valence-corrected chi connectivity index (χ2v) is 9.81. The number of pyridine rings is 1. The van der Waals surface area contributed by atoms with Crippen LogP contribution in [0.2, 0.25) is 0 Å². The van der Waals surface area contributed by atoms with Gasteiger partial charge in [-0.1, -0.05) is 25.0 Å². The average molecular weight is 475 g/mol. The Morgan fingerprint density at radius 1 is 1.03 bits per heavy atom. The number of benzene rings is 1. The summed E-state index contributed by atoms with van der Waals surface area (Å²) in [5.74, 6) is 1.51. The van der Waals surface area contributed by atoms with Gasteiger partial charge in [-0.25, -0.2) is 10.4 Å². The van der Waals surface area contributed by atoms with Crippen molar-refractivity contribution in [1.82, 2.24) is 36.1 Å². The first-order chi connectivity index (χ1) is 17.2. The summed E-state index contributed by atoms with van der Waals surface area (Å²) >= 11 is 0. The van der Waals surface area contributed by atoms with Crippen LogP contribution in [0, 0.1) is 11.8 Å². The van der Waals surface area contributed by atoms with E-state index >= 15 is 0 Å². The molecule has 3 unspecified atom stereocenters. The van der Waals surface area contributed by atoms with Crippen molar-refractivity contribution in [1.29, 1.82) is 0 Å². The van der Waals surface area contributed by atoms with Gasteiger partial charge in [0.25, 0.3) is 5.91 Å². The lowest BCUT2D eigenvalue weighted by atomic mass is 9.72. The molecule has 10 nitrogen and oxygen atoms in total. The molecule has 0 radical (unpaired) electrons. The Morgan fingerprint density at radius 2 is 1.89 bits per heavy atom. The van der Waals surface area contributed by atoms with Gasteiger partial charge >= 0.3 is 0 Å². The highest BCUT2D eigenvalue weighted by Crippen LogP contribution is 2.35. The molecular weight excluding hydrogens is 444 g/mol. The number of H-pyrrole nitrogens is 1. The molecule has 1 aliphatic carbocycles. The number of hydrogen-bond acceptors (Lipinski definition) is 7. The second kappa shape index (κ2) is 9.26. The molecule has 2 aliphatic heterocycles. The van der Waals surface area contributed by atoms with Gasteiger partial charge < -0.3 is 9.80 Å². The maximum atomic E-state index is 13.3. The summed E-state index contributed by atoms with van der Waals surface area (Å²) in [6.07, 6.45) is 5.16. The number of carbonyl (C=O) groups excluding carboxylic acids is 2. The average Bonchev–Trinajstić information content (AvgIpc) is 3.38. The van der Waals surface area contributed by atoms with Crippen LogP contribution in [0.4, 0.5) is 5.82 Å². The van der Waals surface area contributed by atoms with Crippen LogP contribution in [0.5, 0.6) is 0 Å². The van der Waals surface area contributed by atoms with Gasteiger partial charge in [0.2, 0.25) is 11.6 Å². The lowest BCUT2D eigenvalue weighted by molar-refractivity contribution is -0.133. The summed E-state index contributed by atoms with van der Waals surface area (Å²) in [6.45, 7) is 2.72. The number of nitrogens with one attached hydrogen (secondary N) is 3. The van der Waals surface area contributed by atoms with Gasteiger partial charge in [0.15, 0.2) is 0 Å². The molecule has 4 heterocycles.